The molecule has 0 amide bonds. The van der Waals surface area contributed by atoms with Gasteiger partial charge in [-0.1, -0.05) is 6.92 Å². The third-order valence-corrected chi connectivity index (χ3v) is 3.24. The molecule has 2 heteroatoms. The molecule has 1 unspecified atom stereocenters. The first-order valence-corrected chi connectivity index (χ1v) is 5.18. The van der Waals surface area contributed by atoms with E-state index in [9.17, 15) is 0 Å². The van der Waals surface area contributed by atoms with E-state index < -0.39 is 0 Å². The van der Waals surface area contributed by atoms with Crippen molar-refractivity contribution in [2.45, 2.75) is 25.0 Å². The van der Waals surface area contributed by atoms with E-state index in [1.807, 2.05) is 0 Å². The van der Waals surface area contributed by atoms with Gasteiger partial charge in [0.25, 0.3) is 0 Å². The zero-order valence-corrected chi connectivity index (χ0v) is 7.78. The van der Waals surface area contributed by atoms with Crippen molar-refractivity contribution in [3.8, 4) is 0 Å². The van der Waals surface area contributed by atoms with Crippen molar-refractivity contribution in [1.29, 1.82) is 0 Å². The van der Waals surface area contributed by atoms with Crippen LogP contribution in [0.15, 0.2) is 0 Å². The third-order valence-electron chi connectivity index (χ3n) is 1.91. The van der Waals surface area contributed by atoms with Crippen LogP contribution in [0.5, 0.6) is 0 Å². The number of nitrogens with zero attached hydrogens (tertiary/aromatic N) is 1. The first kappa shape index (κ1) is 8.41. The molecule has 0 saturated carbocycles. The van der Waals surface area contributed by atoms with Gasteiger partial charge in [-0.25, -0.2) is 0 Å². The molecule has 0 aromatic heterocycles. The predicted molar refractivity (Wildman–Crippen MR) is 48.7 cm³/mol. The highest BCUT2D eigenvalue weighted by Gasteiger charge is 2.18. The predicted octanol–water partition coefficient (Wildman–Crippen LogP) is 1.83. The fourth-order valence-electron chi connectivity index (χ4n) is 1.25. The fourth-order valence-corrected chi connectivity index (χ4v) is 2.18. The van der Waals surface area contributed by atoms with E-state index in [2.05, 4.69) is 30.6 Å². The largest absolute Gasteiger partial charge is 0.305 e. The van der Waals surface area contributed by atoms with E-state index >= 15 is 0 Å². The summed E-state index contributed by atoms with van der Waals surface area (Å²) in [7, 11) is 2.22. The molecule has 1 atom stereocenters. The molecule has 10 heavy (non-hydrogen) atoms. The Morgan fingerprint density at radius 2 is 2.30 bits per heavy atom. The number of hydrogen-bond donors (Lipinski definition) is 0. The minimum absolute atomic E-state index is 0.955. The lowest BCUT2D eigenvalue weighted by atomic mass is 10.3. The molecule has 0 aromatic carbocycles. The van der Waals surface area contributed by atoms with Crippen molar-refractivity contribution in [1.82, 2.24) is 4.90 Å². The molecule has 60 valence electrons. The summed E-state index contributed by atoms with van der Waals surface area (Å²) in [4.78, 5) is 2.44. The van der Waals surface area contributed by atoms with Crippen molar-refractivity contribution in [3.63, 3.8) is 0 Å². The summed E-state index contributed by atoms with van der Waals surface area (Å²) < 4.78 is 0. The van der Waals surface area contributed by atoms with E-state index in [1.54, 1.807) is 0 Å². The second kappa shape index (κ2) is 4.24. The molecular formula is C8H17NS. The zero-order chi connectivity index (χ0) is 7.40. The average molecular weight is 159 g/mol. The van der Waals surface area contributed by atoms with Gasteiger partial charge in [-0.2, -0.15) is 11.8 Å². The smallest absolute Gasteiger partial charge is 0.0182 e. The van der Waals surface area contributed by atoms with Crippen LogP contribution >= 0.6 is 11.8 Å². The fraction of sp³-hybridized carbons (Fsp3) is 1.00. The lowest BCUT2D eigenvalue weighted by Gasteiger charge is -2.29. The van der Waals surface area contributed by atoms with Gasteiger partial charge in [-0.15, -0.1) is 0 Å². The van der Waals surface area contributed by atoms with E-state index in [0.29, 0.717) is 0 Å². The Bertz CT molecular complexity index is 91.3. The standard InChI is InChI=1S/C8H17NS/c1-3-5-9(2)7-8-4-6-10-8/h8H,3-7H2,1-2H3. The molecule has 0 aromatic rings. The highest BCUT2D eigenvalue weighted by atomic mass is 32.2. The summed E-state index contributed by atoms with van der Waals surface area (Å²) in [6.07, 6.45) is 2.73. The SMILES string of the molecule is CCCN(C)CC1CCS1. The van der Waals surface area contributed by atoms with Crippen LogP contribution in [0.3, 0.4) is 0 Å². The van der Waals surface area contributed by atoms with Crippen molar-refractivity contribution >= 4 is 11.8 Å². The van der Waals surface area contributed by atoms with Crippen molar-refractivity contribution in [3.05, 3.63) is 0 Å². The van der Waals surface area contributed by atoms with E-state index in [4.69, 9.17) is 0 Å². The number of rotatable bonds is 4. The van der Waals surface area contributed by atoms with Gasteiger partial charge in [0.15, 0.2) is 0 Å². The van der Waals surface area contributed by atoms with Gasteiger partial charge in [0.05, 0.1) is 0 Å². The Balaban J connectivity index is 1.99. The van der Waals surface area contributed by atoms with Crippen LogP contribution in [0.1, 0.15) is 19.8 Å². The van der Waals surface area contributed by atoms with E-state index in [-0.39, 0.29) is 0 Å². The zero-order valence-electron chi connectivity index (χ0n) is 6.97. The minimum atomic E-state index is 0.955. The molecule has 0 N–H and O–H groups in total. The minimum Gasteiger partial charge on any atom is -0.305 e. The normalized spacial score (nSPS) is 24.9. The summed E-state index contributed by atoms with van der Waals surface area (Å²) in [5, 5.41) is 0.955. The topological polar surface area (TPSA) is 3.24 Å². The molecule has 1 aliphatic rings. The van der Waals surface area contributed by atoms with Crippen LogP contribution in [0.2, 0.25) is 0 Å². The maximum Gasteiger partial charge on any atom is 0.0182 e. The lowest BCUT2D eigenvalue weighted by molar-refractivity contribution is 0.330. The second-order valence-corrected chi connectivity index (χ2v) is 4.45. The van der Waals surface area contributed by atoms with Crippen LogP contribution < -0.4 is 0 Å². The first-order valence-electron chi connectivity index (χ1n) is 4.13. The number of hydrogen-bond acceptors (Lipinski definition) is 2. The van der Waals surface area contributed by atoms with Gasteiger partial charge in [0.2, 0.25) is 0 Å². The molecule has 1 rings (SSSR count). The summed E-state index contributed by atoms with van der Waals surface area (Å²) >= 11 is 2.12. The van der Waals surface area contributed by atoms with Gasteiger partial charge < -0.3 is 4.90 Å². The molecule has 1 fully saturated rings. The quantitative estimate of drug-likeness (QED) is 0.615. The van der Waals surface area contributed by atoms with Gasteiger partial charge >= 0.3 is 0 Å². The molecule has 0 bridgehead atoms. The molecular weight excluding hydrogens is 142 g/mol. The summed E-state index contributed by atoms with van der Waals surface area (Å²) in [5.41, 5.74) is 0. The average Bonchev–Trinajstić information content (AvgIpc) is 1.80. The Morgan fingerprint density at radius 3 is 2.70 bits per heavy atom. The van der Waals surface area contributed by atoms with Gasteiger partial charge in [-0.3, -0.25) is 0 Å². The Morgan fingerprint density at radius 1 is 1.60 bits per heavy atom. The summed E-state index contributed by atoms with van der Waals surface area (Å²) in [6.45, 7) is 4.81. The molecule has 0 spiro atoms. The van der Waals surface area contributed by atoms with Crippen LogP contribution in [-0.4, -0.2) is 36.0 Å². The van der Waals surface area contributed by atoms with Crippen molar-refractivity contribution in [2.75, 3.05) is 25.9 Å². The second-order valence-electron chi connectivity index (χ2n) is 3.04. The van der Waals surface area contributed by atoms with E-state index in [1.165, 1.54) is 31.7 Å². The third kappa shape index (κ3) is 2.51. The Kier molecular flexibility index (Phi) is 3.57. The van der Waals surface area contributed by atoms with Gasteiger partial charge in [-0.05, 0) is 32.2 Å². The summed E-state index contributed by atoms with van der Waals surface area (Å²) in [6, 6.07) is 0. The lowest BCUT2D eigenvalue weighted by Crippen LogP contribution is -2.32. The van der Waals surface area contributed by atoms with Crippen molar-refractivity contribution in [2.24, 2.45) is 0 Å². The van der Waals surface area contributed by atoms with E-state index in [0.717, 1.165) is 5.25 Å². The van der Waals surface area contributed by atoms with Crippen LogP contribution in [0, 0.1) is 0 Å². The van der Waals surface area contributed by atoms with Gasteiger partial charge in [0, 0.05) is 11.8 Å². The van der Waals surface area contributed by atoms with Crippen LogP contribution in [0.4, 0.5) is 0 Å². The number of thioether (sulfide) groups is 1. The van der Waals surface area contributed by atoms with Gasteiger partial charge in [0.1, 0.15) is 0 Å². The Hall–Kier alpha value is 0.310. The first-order chi connectivity index (χ1) is 4.83. The monoisotopic (exact) mass is 159 g/mol. The molecule has 1 aliphatic heterocycles. The van der Waals surface area contributed by atoms with Crippen LogP contribution in [-0.2, 0) is 0 Å². The molecule has 1 saturated heterocycles. The molecule has 1 heterocycles. The Labute approximate surface area is 68.2 Å². The van der Waals surface area contributed by atoms with Crippen molar-refractivity contribution < 1.29 is 0 Å². The highest BCUT2D eigenvalue weighted by molar-refractivity contribution is 8.01. The molecule has 0 radical (unpaired) electrons. The molecule has 0 aliphatic carbocycles. The summed E-state index contributed by atoms with van der Waals surface area (Å²) in [5.74, 6) is 1.39. The van der Waals surface area contributed by atoms with Crippen LogP contribution in [0.25, 0.3) is 0 Å². The maximum atomic E-state index is 2.44. The maximum absolute atomic E-state index is 2.44. The highest BCUT2D eigenvalue weighted by Crippen LogP contribution is 2.27. The molecule has 1 nitrogen and oxygen atoms in total.